The van der Waals surface area contributed by atoms with Crippen molar-refractivity contribution >= 4 is 11.0 Å². The first kappa shape index (κ1) is 10.2. The van der Waals surface area contributed by atoms with Gasteiger partial charge in [0.15, 0.2) is 0 Å². The molecule has 0 fully saturated rings. The van der Waals surface area contributed by atoms with Gasteiger partial charge in [0.1, 0.15) is 11.3 Å². The van der Waals surface area contributed by atoms with Crippen molar-refractivity contribution in [3.8, 4) is 0 Å². The highest BCUT2D eigenvalue weighted by atomic mass is 16.3. The van der Waals surface area contributed by atoms with Gasteiger partial charge in [-0.05, 0) is 38.6 Å². The maximum absolute atomic E-state index is 5.78. The first-order valence-corrected chi connectivity index (χ1v) is 5.35. The molecule has 1 aromatic carbocycles. The lowest BCUT2D eigenvalue weighted by Gasteiger charge is -2.06. The smallest absolute Gasteiger partial charge is 0.134 e. The summed E-state index contributed by atoms with van der Waals surface area (Å²) in [5, 5.41) is 4.40. The first-order valence-electron chi connectivity index (χ1n) is 5.35. The van der Waals surface area contributed by atoms with Gasteiger partial charge in [-0.3, -0.25) is 0 Å². The van der Waals surface area contributed by atoms with E-state index in [-0.39, 0.29) is 0 Å². The van der Waals surface area contributed by atoms with Crippen LogP contribution in [0.25, 0.3) is 11.0 Å². The molecule has 0 aliphatic heterocycles. The van der Waals surface area contributed by atoms with Gasteiger partial charge in [0.2, 0.25) is 0 Å². The van der Waals surface area contributed by atoms with Crippen molar-refractivity contribution in [2.45, 2.75) is 26.3 Å². The monoisotopic (exact) mass is 203 g/mol. The predicted molar refractivity (Wildman–Crippen MR) is 63.2 cm³/mol. The summed E-state index contributed by atoms with van der Waals surface area (Å²) in [6, 6.07) is 8.89. The third kappa shape index (κ3) is 2.21. The molecule has 0 aliphatic rings. The molecule has 0 saturated heterocycles. The molecular weight excluding hydrogens is 186 g/mol. The quantitative estimate of drug-likeness (QED) is 0.829. The molecule has 2 aromatic rings. The Kier molecular flexibility index (Phi) is 2.78. The largest absolute Gasteiger partial charge is 0.461 e. The van der Waals surface area contributed by atoms with Gasteiger partial charge < -0.3 is 9.73 Å². The van der Waals surface area contributed by atoms with Crippen molar-refractivity contribution in [3.63, 3.8) is 0 Å². The summed E-state index contributed by atoms with van der Waals surface area (Å²) in [7, 11) is 1.97. The van der Waals surface area contributed by atoms with Crippen molar-refractivity contribution in [2.75, 3.05) is 7.05 Å². The summed E-state index contributed by atoms with van der Waals surface area (Å²) in [4.78, 5) is 0. The number of likely N-dealkylation sites (N-methyl/N-ethyl adjacent to an activating group) is 1. The van der Waals surface area contributed by atoms with E-state index in [1.54, 1.807) is 0 Å². The van der Waals surface area contributed by atoms with Gasteiger partial charge in [0.25, 0.3) is 0 Å². The summed E-state index contributed by atoms with van der Waals surface area (Å²) in [5.41, 5.74) is 2.23. The third-order valence-electron chi connectivity index (χ3n) is 2.73. The molecule has 1 aromatic heterocycles. The molecular formula is C13H17NO. The van der Waals surface area contributed by atoms with Gasteiger partial charge in [0.05, 0.1) is 0 Å². The molecule has 0 spiro atoms. The Morgan fingerprint density at radius 2 is 2.13 bits per heavy atom. The molecule has 0 bridgehead atoms. The molecule has 0 saturated carbocycles. The zero-order valence-corrected chi connectivity index (χ0v) is 9.50. The Labute approximate surface area is 90.3 Å². The fourth-order valence-electron chi connectivity index (χ4n) is 1.70. The van der Waals surface area contributed by atoms with Crippen molar-refractivity contribution < 1.29 is 4.42 Å². The van der Waals surface area contributed by atoms with Crippen molar-refractivity contribution in [2.24, 2.45) is 0 Å². The third-order valence-corrected chi connectivity index (χ3v) is 2.73. The summed E-state index contributed by atoms with van der Waals surface area (Å²) >= 11 is 0. The minimum absolute atomic E-state index is 0.451. The van der Waals surface area contributed by atoms with Gasteiger partial charge >= 0.3 is 0 Å². The van der Waals surface area contributed by atoms with E-state index in [1.807, 2.05) is 7.05 Å². The fraction of sp³-hybridized carbons (Fsp3) is 0.385. The minimum atomic E-state index is 0.451. The second kappa shape index (κ2) is 4.07. The van der Waals surface area contributed by atoms with Crippen LogP contribution < -0.4 is 5.32 Å². The van der Waals surface area contributed by atoms with Crippen LogP contribution in [-0.2, 0) is 6.42 Å². The summed E-state index contributed by atoms with van der Waals surface area (Å²) in [6.07, 6.45) is 0.935. The van der Waals surface area contributed by atoms with Crippen LogP contribution in [-0.4, -0.2) is 13.1 Å². The number of hydrogen-bond donors (Lipinski definition) is 1. The average molecular weight is 203 g/mol. The van der Waals surface area contributed by atoms with E-state index < -0.39 is 0 Å². The van der Waals surface area contributed by atoms with Gasteiger partial charge in [-0.25, -0.2) is 0 Å². The van der Waals surface area contributed by atoms with Crippen LogP contribution in [0.5, 0.6) is 0 Å². The molecule has 0 radical (unpaired) electrons. The molecule has 1 N–H and O–H groups in total. The lowest BCUT2D eigenvalue weighted by Crippen LogP contribution is -2.23. The Morgan fingerprint density at radius 3 is 2.87 bits per heavy atom. The second-order valence-corrected chi connectivity index (χ2v) is 4.15. The first-order chi connectivity index (χ1) is 7.19. The van der Waals surface area contributed by atoms with E-state index in [4.69, 9.17) is 4.42 Å². The molecule has 1 unspecified atom stereocenters. The van der Waals surface area contributed by atoms with E-state index in [0.717, 1.165) is 17.8 Å². The fourth-order valence-corrected chi connectivity index (χ4v) is 1.70. The summed E-state index contributed by atoms with van der Waals surface area (Å²) in [6.45, 7) is 4.23. The number of nitrogens with one attached hydrogen (secondary N) is 1. The topological polar surface area (TPSA) is 25.2 Å². The second-order valence-electron chi connectivity index (χ2n) is 4.15. The van der Waals surface area contributed by atoms with Crippen LogP contribution in [0, 0.1) is 6.92 Å². The molecule has 2 rings (SSSR count). The standard InChI is InChI=1S/C13H17NO/c1-9-4-5-11-8-12(7-10(2)14-3)15-13(11)6-9/h4-6,8,10,14H,7H2,1-3H3. The van der Waals surface area contributed by atoms with Gasteiger partial charge in [-0.15, -0.1) is 0 Å². The predicted octanol–water partition coefficient (Wildman–Crippen LogP) is 2.89. The number of hydrogen-bond acceptors (Lipinski definition) is 2. The van der Waals surface area contributed by atoms with Crippen molar-refractivity contribution in [1.82, 2.24) is 5.32 Å². The Hall–Kier alpha value is -1.28. The summed E-state index contributed by atoms with van der Waals surface area (Å²) < 4.78 is 5.78. The average Bonchev–Trinajstić information content (AvgIpc) is 2.59. The van der Waals surface area contributed by atoms with E-state index in [9.17, 15) is 0 Å². The Morgan fingerprint density at radius 1 is 1.33 bits per heavy atom. The SMILES string of the molecule is CNC(C)Cc1cc2ccc(C)cc2o1. The van der Waals surface area contributed by atoms with Gasteiger partial charge in [0, 0.05) is 17.8 Å². The van der Waals surface area contributed by atoms with Gasteiger partial charge in [-0.1, -0.05) is 12.1 Å². The molecule has 0 amide bonds. The van der Waals surface area contributed by atoms with E-state index in [2.05, 4.69) is 43.4 Å². The lowest BCUT2D eigenvalue weighted by molar-refractivity contribution is 0.497. The Bertz CT molecular complexity index is 459. The highest BCUT2D eigenvalue weighted by molar-refractivity contribution is 5.78. The minimum Gasteiger partial charge on any atom is -0.461 e. The van der Waals surface area contributed by atoms with Crippen LogP contribution in [0.15, 0.2) is 28.7 Å². The van der Waals surface area contributed by atoms with Crippen LogP contribution in [0.3, 0.4) is 0 Å². The Balaban J connectivity index is 2.30. The number of fused-ring (bicyclic) bond motifs is 1. The molecule has 2 heteroatoms. The van der Waals surface area contributed by atoms with Crippen LogP contribution >= 0.6 is 0 Å². The van der Waals surface area contributed by atoms with E-state index >= 15 is 0 Å². The van der Waals surface area contributed by atoms with E-state index in [0.29, 0.717) is 6.04 Å². The molecule has 1 heterocycles. The molecule has 80 valence electrons. The number of rotatable bonds is 3. The molecule has 1 atom stereocenters. The van der Waals surface area contributed by atoms with Crippen molar-refractivity contribution in [1.29, 1.82) is 0 Å². The number of benzene rings is 1. The highest BCUT2D eigenvalue weighted by Gasteiger charge is 2.06. The number of furan rings is 1. The van der Waals surface area contributed by atoms with Gasteiger partial charge in [-0.2, -0.15) is 0 Å². The normalized spacial score (nSPS) is 13.3. The van der Waals surface area contributed by atoms with Crippen molar-refractivity contribution in [3.05, 3.63) is 35.6 Å². The van der Waals surface area contributed by atoms with Crippen LogP contribution in [0.4, 0.5) is 0 Å². The molecule has 2 nitrogen and oxygen atoms in total. The maximum atomic E-state index is 5.78. The molecule has 15 heavy (non-hydrogen) atoms. The lowest BCUT2D eigenvalue weighted by atomic mass is 10.1. The molecule has 0 aliphatic carbocycles. The summed E-state index contributed by atoms with van der Waals surface area (Å²) in [5.74, 6) is 1.05. The van der Waals surface area contributed by atoms with E-state index in [1.165, 1.54) is 10.9 Å². The maximum Gasteiger partial charge on any atom is 0.134 e. The highest BCUT2D eigenvalue weighted by Crippen LogP contribution is 2.21. The number of aryl methyl sites for hydroxylation is 1. The van der Waals surface area contributed by atoms with Crippen LogP contribution in [0.1, 0.15) is 18.2 Å². The zero-order chi connectivity index (χ0) is 10.8. The zero-order valence-electron chi connectivity index (χ0n) is 9.50. The van der Waals surface area contributed by atoms with Crippen LogP contribution in [0.2, 0.25) is 0 Å².